The number of carbonyl (C=O) groups is 2. The highest BCUT2D eigenvalue weighted by molar-refractivity contribution is 8.02. The van der Waals surface area contributed by atoms with Crippen molar-refractivity contribution in [2.75, 3.05) is 5.32 Å². The van der Waals surface area contributed by atoms with Crippen LogP contribution >= 0.6 is 23.1 Å². The molecule has 0 aliphatic heterocycles. The molecule has 0 saturated heterocycles. The van der Waals surface area contributed by atoms with Gasteiger partial charge in [0, 0.05) is 5.69 Å². The first kappa shape index (κ1) is 17.2. The predicted octanol–water partition coefficient (Wildman–Crippen LogP) is 2.59. The monoisotopic (exact) mass is 351 g/mol. The average molecular weight is 351 g/mol. The lowest BCUT2D eigenvalue weighted by Crippen LogP contribution is -2.42. The van der Waals surface area contributed by atoms with E-state index >= 15 is 0 Å². The van der Waals surface area contributed by atoms with E-state index in [1.54, 1.807) is 0 Å². The van der Waals surface area contributed by atoms with Crippen molar-refractivity contribution >= 4 is 45.9 Å². The third-order valence-corrected chi connectivity index (χ3v) is 5.24. The zero-order chi connectivity index (χ0) is 16.8. The molecular formula is C14H17N5O2S2. The van der Waals surface area contributed by atoms with E-state index in [2.05, 4.69) is 20.8 Å². The summed E-state index contributed by atoms with van der Waals surface area (Å²) in [5.41, 5.74) is 5.91. The van der Waals surface area contributed by atoms with Crippen molar-refractivity contribution < 1.29 is 9.59 Å². The molecule has 122 valence electrons. The van der Waals surface area contributed by atoms with Crippen LogP contribution in [0.15, 0.2) is 34.7 Å². The lowest BCUT2D eigenvalue weighted by atomic mass is 10.1. The Bertz CT molecular complexity index is 675. The number of imide groups is 1. The number of amides is 3. The molecular weight excluding hydrogens is 334 g/mol. The number of primary amides is 1. The zero-order valence-corrected chi connectivity index (χ0v) is 14.3. The van der Waals surface area contributed by atoms with Gasteiger partial charge < -0.3 is 11.1 Å². The van der Waals surface area contributed by atoms with E-state index in [0.717, 1.165) is 5.69 Å². The molecule has 2 rings (SSSR count). The SMILES string of the molecule is CC(C)[C@@H](Sc1nnc(Nc2ccccc2)s1)C(=O)NC(N)=O. The van der Waals surface area contributed by atoms with Gasteiger partial charge in [0.05, 0.1) is 5.25 Å². The summed E-state index contributed by atoms with van der Waals surface area (Å²) in [6, 6.07) is 8.75. The smallest absolute Gasteiger partial charge is 0.318 e. The minimum Gasteiger partial charge on any atom is -0.351 e. The highest BCUT2D eigenvalue weighted by atomic mass is 32.2. The van der Waals surface area contributed by atoms with Gasteiger partial charge in [-0.15, -0.1) is 10.2 Å². The summed E-state index contributed by atoms with van der Waals surface area (Å²) in [5.74, 6) is -0.418. The quantitative estimate of drug-likeness (QED) is 0.690. The Labute approximate surface area is 142 Å². The van der Waals surface area contributed by atoms with Gasteiger partial charge in [0.2, 0.25) is 11.0 Å². The van der Waals surface area contributed by atoms with Crippen molar-refractivity contribution in [1.29, 1.82) is 0 Å². The molecule has 0 unspecified atom stereocenters. The molecule has 2 aromatic rings. The van der Waals surface area contributed by atoms with E-state index in [0.29, 0.717) is 9.47 Å². The van der Waals surface area contributed by atoms with Gasteiger partial charge in [-0.1, -0.05) is 55.1 Å². The maximum atomic E-state index is 12.0. The van der Waals surface area contributed by atoms with Crippen molar-refractivity contribution in [3.8, 4) is 0 Å². The maximum Gasteiger partial charge on any atom is 0.318 e. The van der Waals surface area contributed by atoms with Crippen molar-refractivity contribution in [3.63, 3.8) is 0 Å². The summed E-state index contributed by atoms with van der Waals surface area (Å²) < 4.78 is 0.641. The molecule has 7 nitrogen and oxygen atoms in total. The number of urea groups is 1. The average Bonchev–Trinajstić information content (AvgIpc) is 2.92. The number of carbonyl (C=O) groups excluding carboxylic acids is 2. The van der Waals surface area contributed by atoms with Crippen LogP contribution in [0.3, 0.4) is 0 Å². The van der Waals surface area contributed by atoms with Crippen LogP contribution in [0.5, 0.6) is 0 Å². The molecule has 0 radical (unpaired) electrons. The van der Waals surface area contributed by atoms with Crippen LogP contribution in [-0.4, -0.2) is 27.4 Å². The van der Waals surface area contributed by atoms with Crippen LogP contribution in [0.4, 0.5) is 15.6 Å². The number of benzene rings is 1. The van der Waals surface area contributed by atoms with Crippen LogP contribution in [0.2, 0.25) is 0 Å². The van der Waals surface area contributed by atoms with Gasteiger partial charge in [0.15, 0.2) is 4.34 Å². The standard InChI is InChI=1S/C14H17N5O2S2/c1-8(2)10(11(20)17-12(15)21)22-14-19-18-13(23-14)16-9-6-4-3-5-7-9/h3-8,10H,1-2H3,(H,16,18)(H3,15,17,20,21)/t10-/m1/s1. The van der Waals surface area contributed by atoms with Crippen LogP contribution in [-0.2, 0) is 4.79 Å². The highest BCUT2D eigenvalue weighted by Crippen LogP contribution is 2.33. The van der Waals surface area contributed by atoms with Gasteiger partial charge in [-0.3, -0.25) is 10.1 Å². The summed E-state index contributed by atoms with van der Waals surface area (Å²) in [4.78, 5) is 22.8. The molecule has 0 aliphatic carbocycles. The topological polar surface area (TPSA) is 110 Å². The Hall–Kier alpha value is -2.13. The largest absolute Gasteiger partial charge is 0.351 e. The molecule has 0 spiro atoms. The zero-order valence-electron chi connectivity index (χ0n) is 12.6. The van der Waals surface area contributed by atoms with Gasteiger partial charge >= 0.3 is 6.03 Å². The highest BCUT2D eigenvalue weighted by Gasteiger charge is 2.26. The van der Waals surface area contributed by atoms with Crippen molar-refractivity contribution in [1.82, 2.24) is 15.5 Å². The third-order valence-electron chi connectivity index (χ3n) is 2.77. The molecule has 1 aromatic heterocycles. The number of nitrogens with one attached hydrogen (secondary N) is 2. The van der Waals surface area contributed by atoms with E-state index in [1.165, 1.54) is 23.1 Å². The fourth-order valence-electron chi connectivity index (χ4n) is 1.75. The van der Waals surface area contributed by atoms with Crippen molar-refractivity contribution in [2.45, 2.75) is 23.4 Å². The Morgan fingerprint density at radius 1 is 1.22 bits per heavy atom. The molecule has 9 heteroatoms. The fraction of sp³-hybridized carbons (Fsp3) is 0.286. The lowest BCUT2D eigenvalue weighted by Gasteiger charge is -2.16. The van der Waals surface area contributed by atoms with Crippen LogP contribution in [0, 0.1) is 5.92 Å². The van der Waals surface area contributed by atoms with E-state index in [9.17, 15) is 9.59 Å². The molecule has 1 heterocycles. The Morgan fingerprint density at radius 3 is 2.52 bits per heavy atom. The molecule has 1 aromatic carbocycles. The van der Waals surface area contributed by atoms with Gasteiger partial charge in [0.25, 0.3) is 0 Å². The molecule has 4 N–H and O–H groups in total. The summed E-state index contributed by atoms with van der Waals surface area (Å²) in [6.07, 6.45) is 0. The molecule has 23 heavy (non-hydrogen) atoms. The number of hydrogen-bond acceptors (Lipinski definition) is 7. The van der Waals surface area contributed by atoms with E-state index in [-0.39, 0.29) is 5.92 Å². The van der Waals surface area contributed by atoms with Crippen LogP contribution < -0.4 is 16.4 Å². The van der Waals surface area contributed by atoms with Gasteiger partial charge in [-0.2, -0.15) is 0 Å². The van der Waals surface area contributed by atoms with Crippen LogP contribution in [0.25, 0.3) is 0 Å². The predicted molar refractivity (Wildman–Crippen MR) is 91.8 cm³/mol. The maximum absolute atomic E-state index is 12.0. The van der Waals surface area contributed by atoms with E-state index in [4.69, 9.17) is 5.73 Å². The molecule has 0 aliphatic rings. The number of anilines is 2. The number of nitrogens with zero attached hydrogens (tertiary/aromatic N) is 2. The van der Waals surface area contributed by atoms with E-state index < -0.39 is 17.2 Å². The summed E-state index contributed by atoms with van der Waals surface area (Å²) in [6.45, 7) is 3.78. The first-order chi connectivity index (χ1) is 11.0. The summed E-state index contributed by atoms with van der Waals surface area (Å²) in [5, 5.41) is 13.5. The van der Waals surface area contributed by atoms with Crippen molar-refractivity contribution in [3.05, 3.63) is 30.3 Å². The minimum atomic E-state index is -0.857. The third kappa shape index (κ3) is 5.22. The number of nitrogens with two attached hydrogens (primary N) is 1. The number of rotatable bonds is 6. The second-order valence-electron chi connectivity index (χ2n) is 5.00. The Kier molecular flexibility index (Phi) is 5.94. The number of para-hydroxylation sites is 1. The second kappa shape index (κ2) is 7.93. The first-order valence-corrected chi connectivity index (χ1v) is 8.58. The molecule has 0 saturated carbocycles. The molecule has 3 amide bonds. The van der Waals surface area contributed by atoms with Gasteiger partial charge in [0.1, 0.15) is 0 Å². The summed E-state index contributed by atoms with van der Waals surface area (Å²) in [7, 11) is 0. The number of thioether (sulfide) groups is 1. The normalized spacial score (nSPS) is 12.0. The number of hydrogen-bond donors (Lipinski definition) is 3. The van der Waals surface area contributed by atoms with E-state index in [1.807, 2.05) is 44.2 Å². The Morgan fingerprint density at radius 2 is 1.91 bits per heavy atom. The molecule has 0 bridgehead atoms. The fourth-order valence-corrected chi connectivity index (χ4v) is 3.73. The Balaban J connectivity index is 2.04. The molecule has 1 atom stereocenters. The van der Waals surface area contributed by atoms with Crippen molar-refractivity contribution in [2.24, 2.45) is 11.7 Å². The van der Waals surface area contributed by atoms with Gasteiger partial charge in [-0.05, 0) is 18.1 Å². The second-order valence-corrected chi connectivity index (χ2v) is 7.37. The molecule has 0 fully saturated rings. The minimum absolute atomic E-state index is 0.00813. The van der Waals surface area contributed by atoms with Gasteiger partial charge in [-0.25, -0.2) is 4.79 Å². The number of aromatic nitrogens is 2. The summed E-state index contributed by atoms with van der Waals surface area (Å²) >= 11 is 2.61. The van der Waals surface area contributed by atoms with Crippen LogP contribution in [0.1, 0.15) is 13.8 Å². The lowest BCUT2D eigenvalue weighted by molar-refractivity contribution is -0.120. The first-order valence-electron chi connectivity index (χ1n) is 6.88.